The van der Waals surface area contributed by atoms with Gasteiger partial charge >= 0.3 is 0 Å². The van der Waals surface area contributed by atoms with Crippen molar-refractivity contribution >= 4 is 0 Å². The van der Waals surface area contributed by atoms with Crippen LogP contribution in [0.15, 0.2) is 24.5 Å². The molecule has 0 N–H and O–H groups in total. The molecular weight excluding hydrogens is 218 g/mol. The third kappa shape index (κ3) is 2.08. The van der Waals surface area contributed by atoms with Crippen molar-refractivity contribution in [2.75, 3.05) is 14.2 Å². The van der Waals surface area contributed by atoms with Gasteiger partial charge in [0.1, 0.15) is 17.8 Å². The first-order valence-electron chi connectivity index (χ1n) is 5.40. The van der Waals surface area contributed by atoms with Gasteiger partial charge < -0.3 is 14.0 Å². The number of aryl methyl sites for hydroxylation is 1. The lowest BCUT2D eigenvalue weighted by molar-refractivity contribution is 0.395. The minimum absolute atomic E-state index is 0.729. The molecule has 1 aromatic heterocycles. The van der Waals surface area contributed by atoms with Crippen LogP contribution in [-0.2, 0) is 6.54 Å². The number of ether oxygens (including phenoxy) is 2. The molecule has 0 spiro atoms. The van der Waals surface area contributed by atoms with Crippen LogP contribution in [0.2, 0.25) is 0 Å². The average Bonchev–Trinajstić information content (AvgIpc) is 2.85. The van der Waals surface area contributed by atoms with Crippen molar-refractivity contribution in [2.24, 2.45) is 0 Å². The van der Waals surface area contributed by atoms with Gasteiger partial charge in [-0.2, -0.15) is 0 Å². The fourth-order valence-corrected chi connectivity index (χ4v) is 1.68. The normalized spacial score (nSPS) is 10.3. The smallest absolute Gasteiger partial charge is 0.167 e. The molecule has 0 atom stereocenters. The highest BCUT2D eigenvalue weighted by molar-refractivity contribution is 5.65. The van der Waals surface area contributed by atoms with Gasteiger partial charge in [0, 0.05) is 12.6 Å². The van der Waals surface area contributed by atoms with Crippen LogP contribution in [0.25, 0.3) is 11.4 Å². The number of nitrogens with zero attached hydrogens (tertiary/aromatic N) is 3. The minimum Gasteiger partial charge on any atom is -0.497 e. The highest BCUT2D eigenvalue weighted by Gasteiger charge is 2.12. The number of hydrogen-bond acceptors (Lipinski definition) is 4. The Morgan fingerprint density at radius 3 is 2.71 bits per heavy atom. The molecule has 5 nitrogen and oxygen atoms in total. The Kier molecular flexibility index (Phi) is 3.27. The Morgan fingerprint density at radius 2 is 2.06 bits per heavy atom. The molecule has 1 aromatic carbocycles. The topological polar surface area (TPSA) is 49.2 Å². The Balaban J connectivity index is 2.51. The zero-order valence-corrected chi connectivity index (χ0v) is 10.2. The van der Waals surface area contributed by atoms with Gasteiger partial charge in [-0.25, -0.2) is 0 Å². The van der Waals surface area contributed by atoms with Crippen LogP contribution in [0.3, 0.4) is 0 Å². The molecule has 0 bridgehead atoms. The maximum Gasteiger partial charge on any atom is 0.167 e. The van der Waals surface area contributed by atoms with Gasteiger partial charge in [0.05, 0.1) is 19.8 Å². The van der Waals surface area contributed by atoms with Crippen molar-refractivity contribution in [3.8, 4) is 22.9 Å². The van der Waals surface area contributed by atoms with E-state index in [9.17, 15) is 0 Å². The summed E-state index contributed by atoms with van der Waals surface area (Å²) in [4.78, 5) is 0. The first-order valence-corrected chi connectivity index (χ1v) is 5.40. The van der Waals surface area contributed by atoms with E-state index in [0.717, 1.165) is 29.4 Å². The third-order valence-electron chi connectivity index (χ3n) is 2.61. The molecular formula is C12H15N3O2. The molecule has 0 aliphatic rings. The van der Waals surface area contributed by atoms with Crippen molar-refractivity contribution in [1.29, 1.82) is 0 Å². The molecule has 0 amide bonds. The quantitative estimate of drug-likeness (QED) is 0.810. The van der Waals surface area contributed by atoms with Crippen LogP contribution >= 0.6 is 0 Å². The van der Waals surface area contributed by atoms with Gasteiger partial charge in [-0.3, -0.25) is 0 Å². The lowest BCUT2D eigenvalue weighted by Gasteiger charge is -2.10. The summed E-state index contributed by atoms with van der Waals surface area (Å²) in [7, 11) is 3.26. The summed E-state index contributed by atoms with van der Waals surface area (Å²) in [6.45, 7) is 2.86. The molecule has 17 heavy (non-hydrogen) atoms. The second-order valence-corrected chi connectivity index (χ2v) is 3.51. The highest BCUT2D eigenvalue weighted by atomic mass is 16.5. The molecule has 90 valence electrons. The van der Waals surface area contributed by atoms with E-state index in [1.807, 2.05) is 29.7 Å². The van der Waals surface area contributed by atoms with E-state index in [4.69, 9.17) is 9.47 Å². The number of methoxy groups -OCH3 is 2. The zero-order valence-electron chi connectivity index (χ0n) is 10.2. The Hall–Kier alpha value is -2.04. The summed E-state index contributed by atoms with van der Waals surface area (Å²) in [5.74, 6) is 2.28. The predicted molar refractivity (Wildman–Crippen MR) is 64.2 cm³/mol. The van der Waals surface area contributed by atoms with Crippen molar-refractivity contribution in [1.82, 2.24) is 14.8 Å². The van der Waals surface area contributed by atoms with Gasteiger partial charge in [0.15, 0.2) is 5.82 Å². The second-order valence-electron chi connectivity index (χ2n) is 3.51. The van der Waals surface area contributed by atoms with E-state index in [0.29, 0.717) is 0 Å². The minimum atomic E-state index is 0.729. The SMILES string of the molecule is CCn1cnnc1-c1ccc(OC)cc1OC. The largest absolute Gasteiger partial charge is 0.497 e. The average molecular weight is 233 g/mol. The molecule has 0 aliphatic heterocycles. The van der Waals surface area contributed by atoms with Gasteiger partial charge in [-0.1, -0.05) is 0 Å². The zero-order chi connectivity index (χ0) is 12.3. The predicted octanol–water partition coefficient (Wildman–Crippen LogP) is 1.98. The molecule has 0 saturated carbocycles. The van der Waals surface area contributed by atoms with Gasteiger partial charge in [0.2, 0.25) is 0 Å². The van der Waals surface area contributed by atoms with Crippen LogP contribution in [0, 0.1) is 0 Å². The van der Waals surface area contributed by atoms with Crippen molar-refractivity contribution in [2.45, 2.75) is 13.5 Å². The summed E-state index contributed by atoms with van der Waals surface area (Å²) in [5, 5.41) is 8.03. The Morgan fingerprint density at radius 1 is 1.24 bits per heavy atom. The number of aromatic nitrogens is 3. The fraction of sp³-hybridized carbons (Fsp3) is 0.333. The molecule has 0 saturated heterocycles. The van der Waals surface area contributed by atoms with Crippen LogP contribution in [0.5, 0.6) is 11.5 Å². The molecule has 0 radical (unpaired) electrons. The molecule has 0 unspecified atom stereocenters. The van der Waals surface area contributed by atoms with Crippen LogP contribution < -0.4 is 9.47 Å². The molecule has 0 aliphatic carbocycles. The van der Waals surface area contributed by atoms with Crippen molar-refractivity contribution < 1.29 is 9.47 Å². The summed E-state index contributed by atoms with van der Waals surface area (Å²) >= 11 is 0. The van der Waals surface area contributed by atoms with Crippen molar-refractivity contribution in [3.63, 3.8) is 0 Å². The summed E-state index contributed by atoms with van der Waals surface area (Å²) in [6.07, 6.45) is 1.71. The Labute approximate surface area is 100 Å². The van der Waals surface area contributed by atoms with Crippen molar-refractivity contribution in [3.05, 3.63) is 24.5 Å². The third-order valence-corrected chi connectivity index (χ3v) is 2.61. The van der Waals surface area contributed by atoms with E-state index in [1.54, 1.807) is 20.5 Å². The van der Waals surface area contributed by atoms with E-state index < -0.39 is 0 Å². The van der Waals surface area contributed by atoms with Crippen LogP contribution in [0.4, 0.5) is 0 Å². The lowest BCUT2D eigenvalue weighted by Crippen LogP contribution is -1.98. The first-order chi connectivity index (χ1) is 8.30. The van der Waals surface area contributed by atoms with E-state index in [-0.39, 0.29) is 0 Å². The summed E-state index contributed by atoms with van der Waals surface area (Å²) in [6, 6.07) is 5.64. The maximum absolute atomic E-state index is 5.35. The Bertz CT molecular complexity index is 508. The highest BCUT2D eigenvalue weighted by Crippen LogP contribution is 2.31. The van der Waals surface area contributed by atoms with Crippen LogP contribution in [-0.4, -0.2) is 29.0 Å². The standard InChI is InChI=1S/C12H15N3O2/c1-4-15-8-13-14-12(15)10-6-5-9(16-2)7-11(10)17-3/h5-8H,4H2,1-3H3. The monoisotopic (exact) mass is 233 g/mol. The van der Waals surface area contributed by atoms with Gasteiger partial charge in [-0.15, -0.1) is 10.2 Å². The number of benzene rings is 1. The summed E-state index contributed by atoms with van der Waals surface area (Å²) in [5.41, 5.74) is 0.910. The molecule has 2 rings (SSSR count). The van der Waals surface area contributed by atoms with E-state index in [2.05, 4.69) is 10.2 Å². The second kappa shape index (κ2) is 4.86. The molecule has 0 fully saturated rings. The van der Waals surface area contributed by atoms with Gasteiger partial charge in [-0.05, 0) is 19.1 Å². The lowest BCUT2D eigenvalue weighted by atomic mass is 10.1. The molecule has 1 heterocycles. The van der Waals surface area contributed by atoms with Crippen LogP contribution in [0.1, 0.15) is 6.92 Å². The van der Waals surface area contributed by atoms with Gasteiger partial charge in [0.25, 0.3) is 0 Å². The first kappa shape index (κ1) is 11.4. The molecule has 2 aromatic rings. The number of rotatable bonds is 4. The fourth-order valence-electron chi connectivity index (χ4n) is 1.68. The van der Waals surface area contributed by atoms with E-state index >= 15 is 0 Å². The number of hydrogen-bond donors (Lipinski definition) is 0. The maximum atomic E-state index is 5.35. The van der Waals surface area contributed by atoms with E-state index in [1.165, 1.54) is 0 Å². The summed E-state index contributed by atoms with van der Waals surface area (Å²) < 4.78 is 12.5. The molecule has 5 heteroatoms.